The number of ether oxygens (including phenoxy) is 1. The maximum Gasteiger partial charge on any atom is 0.338 e. The molecule has 1 N–H and O–H groups in total. The fraction of sp³-hybridized carbons (Fsp3) is 0.273. The van der Waals surface area contributed by atoms with Crippen molar-refractivity contribution < 1.29 is 14.6 Å². The van der Waals surface area contributed by atoms with Crippen molar-refractivity contribution in [2.75, 3.05) is 25.1 Å². The lowest BCUT2D eigenvalue weighted by Crippen LogP contribution is -2.42. The number of benzene rings is 2. The Labute approximate surface area is 158 Å². The molecule has 27 heavy (non-hydrogen) atoms. The van der Waals surface area contributed by atoms with Crippen LogP contribution >= 0.6 is 0 Å². The summed E-state index contributed by atoms with van der Waals surface area (Å²) in [6.45, 7) is 1.48. The van der Waals surface area contributed by atoms with Gasteiger partial charge in [0, 0.05) is 30.4 Å². The van der Waals surface area contributed by atoms with Crippen LogP contribution in [-0.2, 0) is 10.3 Å². The summed E-state index contributed by atoms with van der Waals surface area (Å²) >= 11 is 0. The molecule has 0 bridgehead atoms. The van der Waals surface area contributed by atoms with Crippen LogP contribution in [0.3, 0.4) is 0 Å². The lowest BCUT2D eigenvalue weighted by Gasteiger charge is -2.39. The number of rotatable bonds is 3. The highest BCUT2D eigenvalue weighted by Gasteiger charge is 2.34. The third kappa shape index (κ3) is 3.26. The van der Waals surface area contributed by atoms with Crippen molar-refractivity contribution >= 4 is 22.6 Å². The summed E-state index contributed by atoms with van der Waals surface area (Å²) in [4.78, 5) is 18.6. The van der Waals surface area contributed by atoms with Gasteiger partial charge in [0.05, 0.1) is 23.8 Å². The van der Waals surface area contributed by atoms with Gasteiger partial charge in [-0.3, -0.25) is 4.98 Å². The van der Waals surface area contributed by atoms with Crippen molar-refractivity contribution in [3.05, 3.63) is 71.9 Å². The Bertz CT molecular complexity index is 964. The molecule has 1 aliphatic rings. The number of pyridine rings is 1. The molecule has 1 aliphatic heterocycles. The Balaban J connectivity index is 1.60. The molecule has 0 atom stereocenters. The molecule has 2 aromatic carbocycles. The molecule has 5 nitrogen and oxygen atoms in total. The van der Waals surface area contributed by atoms with Crippen LogP contribution < -0.4 is 4.90 Å². The highest BCUT2D eigenvalue weighted by atomic mass is 16.5. The van der Waals surface area contributed by atoms with E-state index in [9.17, 15) is 9.90 Å². The minimum absolute atomic E-state index is 0.364. The normalized spacial score (nSPS) is 16.3. The second-order valence-electron chi connectivity index (χ2n) is 6.94. The van der Waals surface area contributed by atoms with Crippen molar-refractivity contribution in [3.63, 3.8) is 0 Å². The van der Waals surface area contributed by atoms with E-state index in [-0.39, 0.29) is 5.97 Å². The van der Waals surface area contributed by atoms with E-state index < -0.39 is 5.60 Å². The predicted octanol–water partition coefficient (Wildman–Crippen LogP) is 3.51. The first-order valence-corrected chi connectivity index (χ1v) is 9.11. The van der Waals surface area contributed by atoms with Crippen LogP contribution in [0.25, 0.3) is 10.9 Å². The summed E-state index contributed by atoms with van der Waals surface area (Å²) < 4.78 is 4.89. The summed E-state index contributed by atoms with van der Waals surface area (Å²) in [5.41, 5.74) is 2.49. The van der Waals surface area contributed by atoms with E-state index in [1.807, 2.05) is 48.5 Å². The van der Waals surface area contributed by atoms with Crippen LogP contribution in [0.4, 0.5) is 5.69 Å². The van der Waals surface area contributed by atoms with Gasteiger partial charge in [0.25, 0.3) is 0 Å². The number of esters is 1. The number of nitrogens with zero attached hydrogens (tertiary/aromatic N) is 2. The number of aliphatic hydroxyl groups is 1. The number of piperidine rings is 1. The molecule has 0 spiro atoms. The fourth-order valence-electron chi connectivity index (χ4n) is 3.79. The fourth-order valence-corrected chi connectivity index (χ4v) is 3.79. The van der Waals surface area contributed by atoms with Crippen LogP contribution in [0.5, 0.6) is 0 Å². The molecule has 5 heteroatoms. The molecule has 3 aromatic rings. The molecular formula is C22H22N2O3. The minimum Gasteiger partial charge on any atom is -0.465 e. The van der Waals surface area contributed by atoms with Gasteiger partial charge < -0.3 is 14.7 Å². The Morgan fingerprint density at radius 3 is 2.56 bits per heavy atom. The van der Waals surface area contributed by atoms with E-state index in [1.165, 1.54) is 7.11 Å². The molecule has 0 aliphatic carbocycles. The Kier molecular flexibility index (Phi) is 4.54. The number of hydrogen-bond donors (Lipinski definition) is 1. The predicted molar refractivity (Wildman–Crippen MR) is 105 cm³/mol. The van der Waals surface area contributed by atoms with Gasteiger partial charge in [0.2, 0.25) is 0 Å². The average Bonchev–Trinajstić information content (AvgIpc) is 2.73. The summed E-state index contributed by atoms with van der Waals surface area (Å²) in [6.07, 6.45) is 2.94. The van der Waals surface area contributed by atoms with Crippen molar-refractivity contribution in [2.45, 2.75) is 18.4 Å². The maximum atomic E-state index is 12.1. The Hall–Kier alpha value is -2.92. The van der Waals surface area contributed by atoms with Gasteiger partial charge in [-0.05, 0) is 42.7 Å². The number of hydrogen-bond acceptors (Lipinski definition) is 5. The molecule has 1 fully saturated rings. The number of methoxy groups -OCH3 is 1. The molecule has 1 aromatic heterocycles. The van der Waals surface area contributed by atoms with Gasteiger partial charge in [0.1, 0.15) is 0 Å². The number of anilines is 1. The first-order valence-electron chi connectivity index (χ1n) is 9.11. The lowest BCUT2D eigenvalue weighted by atomic mass is 9.84. The summed E-state index contributed by atoms with van der Waals surface area (Å²) in [6, 6.07) is 17.5. The quantitative estimate of drug-likeness (QED) is 0.723. The van der Waals surface area contributed by atoms with E-state index in [1.54, 1.807) is 12.3 Å². The van der Waals surface area contributed by atoms with Crippen molar-refractivity contribution in [2.24, 2.45) is 0 Å². The zero-order chi connectivity index (χ0) is 18.9. The summed E-state index contributed by atoms with van der Waals surface area (Å²) in [5.74, 6) is -0.364. The zero-order valence-electron chi connectivity index (χ0n) is 15.3. The SMILES string of the molecule is COC(=O)c1ccnc2ccc(N3CCC(O)(c4ccccc4)CC3)cc12. The van der Waals surface area contributed by atoms with E-state index in [2.05, 4.69) is 9.88 Å². The lowest BCUT2D eigenvalue weighted by molar-refractivity contribution is 0.0118. The van der Waals surface area contributed by atoms with E-state index in [0.717, 1.165) is 35.2 Å². The van der Waals surface area contributed by atoms with E-state index in [4.69, 9.17) is 4.74 Å². The second-order valence-corrected chi connectivity index (χ2v) is 6.94. The Morgan fingerprint density at radius 1 is 1.11 bits per heavy atom. The number of carbonyl (C=O) groups excluding carboxylic acids is 1. The van der Waals surface area contributed by atoms with Crippen molar-refractivity contribution in [3.8, 4) is 0 Å². The standard InChI is InChI=1S/C22H22N2O3/c1-27-21(25)18-9-12-23-20-8-7-17(15-19(18)20)24-13-10-22(26,11-14-24)16-5-3-2-4-6-16/h2-9,12,15,26H,10-11,13-14H2,1H3. The molecule has 0 saturated carbocycles. The van der Waals surface area contributed by atoms with E-state index in [0.29, 0.717) is 18.4 Å². The summed E-state index contributed by atoms with van der Waals surface area (Å²) in [5, 5.41) is 11.8. The van der Waals surface area contributed by atoms with E-state index >= 15 is 0 Å². The molecular weight excluding hydrogens is 340 g/mol. The van der Waals surface area contributed by atoms with Gasteiger partial charge in [-0.15, -0.1) is 0 Å². The van der Waals surface area contributed by atoms with Gasteiger partial charge in [-0.1, -0.05) is 30.3 Å². The molecule has 1 saturated heterocycles. The number of carbonyl (C=O) groups is 1. The molecule has 2 heterocycles. The number of aromatic nitrogens is 1. The first-order chi connectivity index (χ1) is 13.1. The van der Waals surface area contributed by atoms with Crippen LogP contribution in [0.1, 0.15) is 28.8 Å². The smallest absolute Gasteiger partial charge is 0.338 e. The van der Waals surface area contributed by atoms with Crippen molar-refractivity contribution in [1.29, 1.82) is 0 Å². The summed E-state index contributed by atoms with van der Waals surface area (Å²) in [7, 11) is 1.38. The molecule has 0 radical (unpaired) electrons. The third-order valence-electron chi connectivity index (χ3n) is 5.40. The first kappa shape index (κ1) is 17.5. The third-order valence-corrected chi connectivity index (χ3v) is 5.40. The topological polar surface area (TPSA) is 62.7 Å². The highest BCUT2D eigenvalue weighted by Crippen LogP contribution is 2.35. The van der Waals surface area contributed by atoms with Crippen LogP contribution in [0.2, 0.25) is 0 Å². The van der Waals surface area contributed by atoms with Crippen LogP contribution in [0, 0.1) is 0 Å². The molecule has 4 rings (SSSR count). The zero-order valence-corrected chi connectivity index (χ0v) is 15.3. The second kappa shape index (κ2) is 7.00. The largest absolute Gasteiger partial charge is 0.465 e. The average molecular weight is 362 g/mol. The molecule has 138 valence electrons. The maximum absolute atomic E-state index is 12.1. The van der Waals surface area contributed by atoms with Gasteiger partial charge in [-0.25, -0.2) is 4.79 Å². The van der Waals surface area contributed by atoms with Crippen molar-refractivity contribution in [1.82, 2.24) is 4.98 Å². The van der Waals surface area contributed by atoms with Crippen LogP contribution in [0.15, 0.2) is 60.8 Å². The van der Waals surface area contributed by atoms with Gasteiger partial charge in [-0.2, -0.15) is 0 Å². The Morgan fingerprint density at radius 2 is 1.85 bits per heavy atom. The van der Waals surface area contributed by atoms with Gasteiger partial charge in [0.15, 0.2) is 0 Å². The van der Waals surface area contributed by atoms with Crippen LogP contribution in [-0.4, -0.2) is 36.3 Å². The highest BCUT2D eigenvalue weighted by molar-refractivity contribution is 6.04. The molecule has 0 amide bonds. The number of fused-ring (bicyclic) bond motifs is 1. The van der Waals surface area contributed by atoms with Gasteiger partial charge >= 0.3 is 5.97 Å². The minimum atomic E-state index is -0.784. The monoisotopic (exact) mass is 362 g/mol. The molecule has 0 unspecified atom stereocenters.